The first-order valence-corrected chi connectivity index (χ1v) is 6.22. The van der Waals surface area contributed by atoms with Crippen molar-refractivity contribution in [1.82, 2.24) is 9.80 Å². The van der Waals surface area contributed by atoms with Crippen molar-refractivity contribution < 1.29 is 9.59 Å². The number of urea groups is 1. The van der Waals surface area contributed by atoms with Gasteiger partial charge in [0.1, 0.15) is 5.78 Å². The Morgan fingerprint density at radius 1 is 1.25 bits per heavy atom. The molecule has 1 aliphatic heterocycles. The zero-order chi connectivity index (χ0) is 11.5. The minimum Gasteiger partial charge on any atom is -0.325 e. The number of likely N-dealkylation sites (tertiary alicyclic amines) is 1. The van der Waals surface area contributed by atoms with Crippen LogP contribution in [0.2, 0.25) is 0 Å². The van der Waals surface area contributed by atoms with Crippen molar-refractivity contribution in [2.75, 3.05) is 20.1 Å². The lowest BCUT2D eigenvalue weighted by atomic mass is 9.93. The van der Waals surface area contributed by atoms with Crippen molar-refractivity contribution in [3.63, 3.8) is 0 Å². The van der Waals surface area contributed by atoms with Crippen molar-refractivity contribution in [1.29, 1.82) is 0 Å². The summed E-state index contributed by atoms with van der Waals surface area (Å²) in [5, 5.41) is 0. The van der Waals surface area contributed by atoms with Gasteiger partial charge >= 0.3 is 6.03 Å². The van der Waals surface area contributed by atoms with E-state index in [-0.39, 0.29) is 12.1 Å². The Morgan fingerprint density at radius 3 is 2.38 bits per heavy atom. The highest BCUT2D eigenvalue weighted by Gasteiger charge is 2.28. The Balaban J connectivity index is 1.88. The van der Waals surface area contributed by atoms with E-state index in [1.165, 1.54) is 0 Å². The third-order valence-corrected chi connectivity index (χ3v) is 3.74. The number of hydrogen-bond donors (Lipinski definition) is 0. The van der Waals surface area contributed by atoms with Crippen molar-refractivity contribution >= 4 is 11.8 Å². The number of nitrogens with zero attached hydrogens (tertiary/aromatic N) is 2. The Hall–Kier alpha value is -1.06. The van der Waals surface area contributed by atoms with Crippen molar-refractivity contribution in [3.8, 4) is 0 Å². The Labute approximate surface area is 96.6 Å². The first-order chi connectivity index (χ1) is 7.68. The van der Waals surface area contributed by atoms with Crippen LogP contribution in [0.25, 0.3) is 0 Å². The molecule has 0 unspecified atom stereocenters. The van der Waals surface area contributed by atoms with Gasteiger partial charge in [0.25, 0.3) is 0 Å². The molecular weight excluding hydrogens is 204 g/mol. The highest BCUT2D eigenvalue weighted by Crippen LogP contribution is 2.21. The number of hydrogen-bond acceptors (Lipinski definition) is 2. The van der Waals surface area contributed by atoms with Crippen LogP contribution in [0.3, 0.4) is 0 Å². The van der Waals surface area contributed by atoms with E-state index in [9.17, 15) is 9.59 Å². The van der Waals surface area contributed by atoms with Crippen LogP contribution in [0.15, 0.2) is 0 Å². The van der Waals surface area contributed by atoms with Crippen molar-refractivity contribution in [2.24, 2.45) is 0 Å². The standard InChI is InChI=1S/C12H20N2O2/c1-13(10-4-6-11(15)7-5-10)12(16)14-8-2-3-9-14/h10H,2-9H2,1H3. The van der Waals surface area contributed by atoms with E-state index in [0.717, 1.165) is 38.8 Å². The molecule has 1 saturated heterocycles. The molecule has 4 nitrogen and oxygen atoms in total. The molecule has 0 radical (unpaired) electrons. The maximum absolute atomic E-state index is 12.1. The average molecular weight is 224 g/mol. The van der Waals surface area contributed by atoms with Crippen LogP contribution >= 0.6 is 0 Å². The van der Waals surface area contributed by atoms with E-state index in [1.807, 2.05) is 16.8 Å². The van der Waals surface area contributed by atoms with Crippen LogP contribution in [-0.4, -0.2) is 47.8 Å². The van der Waals surface area contributed by atoms with Crippen molar-refractivity contribution in [3.05, 3.63) is 0 Å². The normalized spacial score (nSPS) is 22.6. The van der Waals surface area contributed by atoms with E-state index in [1.54, 1.807) is 0 Å². The maximum Gasteiger partial charge on any atom is 0.319 e. The van der Waals surface area contributed by atoms with E-state index < -0.39 is 0 Å². The molecule has 0 aromatic rings. The monoisotopic (exact) mass is 224 g/mol. The summed E-state index contributed by atoms with van der Waals surface area (Å²) < 4.78 is 0. The predicted octanol–water partition coefficient (Wildman–Crippen LogP) is 1.65. The van der Waals surface area contributed by atoms with Crippen LogP contribution in [0.1, 0.15) is 38.5 Å². The molecule has 0 aromatic carbocycles. The van der Waals surface area contributed by atoms with E-state index in [2.05, 4.69) is 0 Å². The maximum atomic E-state index is 12.1. The molecule has 2 amide bonds. The first kappa shape index (κ1) is 11.4. The summed E-state index contributed by atoms with van der Waals surface area (Å²) in [6.45, 7) is 1.80. The topological polar surface area (TPSA) is 40.6 Å². The first-order valence-electron chi connectivity index (χ1n) is 6.22. The van der Waals surface area contributed by atoms with Gasteiger partial charge in [-0.15, -0.1) is 0 Å². The molecule has 0 atom stereocenters. The van der Waals surface area contributed by atoms with Crippen LogP contribution in [0.5, 0.6) is 0 Å². The average Bonchev–Trinajstić information content (AvgIpc) is 2.81. The summed E-state index contributed by atoms with van der Waals surface area (Å²) in [5.74, 6) is 0.346. The lowest BCUT2D eigenvalue weighted by Gasteiger charge is -2.33. The van der Waals surface area contributed by atoms with Gasteiger partial charge in [-0.1, -0.05) is 0 Å². The fourth-order valence-corrected chi connectivity index (χ4v) is 2.60. The van der Waals surface area contributed by atoms with Gasteiger partial charge in [-0.3, -0.25) is 4.79 Å². The number of rotatable bonds is 1. The number of carbonyl (C=O) groups excluding carboxylic acids is 2. The lowest BCUT2D eigenvalue weighted by Crippen LogP contribution is -2.46. The van der Waals surface area contributed by atoms with Gasteiger partial charge in [0, 0.05) is 39.0 Å². The highest BCUT2D eigenvalue weighted by molar-refractivity contribution is 5.80. The molecule has 2 rings (SSSR count). The van der Waals surface area contributed by atoms with E-state index in [4.69, 9.17) is 0 Å². The molecule has 1 heterocycles. The number of carbonyl (C=O) groups is 2. The van der Waals surface area contributed by atoms with E-state index >= 15 is 0 Å². The van der Waals surface area contributed by atoms with Crippen molar-refractivity contribution in [2.45, 2.75) is 44.6 Å². The molecule has 0 N–H and O–H groups in total. The zero-order valence-electron chi connectivity index (χ0n) is 9.95. The Morgan fingerprint density at radius 2 is 1.81 bits per heavy atom. The second-order valence-electron chi connectivity index (χ2n) is 4.86. The molecule has 16 heavy (non-hydrogen) atoms. The fraction of sp³-hybridized carbons (Fsp3) is 0.833. The number of Topliss-reactive ketones (excluding diaryl/α,β-unsaturated/α-hetero) is 1. The van der Waals surface area contributed by atoms with Gasteiger partial charge in [0.15, 0.2) is 0 Å². The summed E-state index contributed by atoms with van der Waals surface area (Å²) in [5.41, 5.74) is 0. The lowest BCUT2D eigenvalue weighted by molar-refractivity contribution is -0.121. The van der Waals surface area contributed by atoms with Gasteiger partial charge in [-0.25, -0.2) is 4.79 Å². The smallest absolute Gasteiger partial charge is 0.319 e. The molecule has 0 bridgehead atoms. The minimum atomic E-state index is 0.150. The quantitative estimate of drug-likeness (QED) is 0.679. The molecule has 1 saturated carbocycles. The highest BCUT2D eigenvalue weighted by atomic mass is 16.2. The third-order valence-electron chi connectivity index (χ3n) is 3.74. The predicted molar refractivity (Wildman–Crippen MR) is 61.2 cm³/mol. The second-order valence-corrected chi connectivity index (χ2v) is 4.86. The third kappa shape index (κ3) is 2.36. The van der Waals surface area contributed by atoms with Gasteiger partial charge < -0.3 is 9.80 Å². The Bertz CT molecular complexity index is 275. The fourth-order valence-electron chi connectivity index (χ4n) is 2.60. The Kier molecular flexibility index (Phi) is 3.46. The minimum absolute atomic E-state index is 0.150. The molecular formula is C12H20N2O2. The number of ketones is 1. The molecule has 90 valence electrons. The molecule has 0 aromatic heterocycles. The van der Waals surface area contributed by atoms with Crippen LogP contribution in [0, 0.1) is 0 Å². The summed E-state index contributed by atoms with van der Waals surface area (Å²) in [7, 11) is 1.88. The van der Waals surface area contributed by atoms with Crippen LogP contribution in [0.4, 0.5) is 4.79 Å². The molecule has 2 fully saturated rings. The molecule has 0 spiro atoms. The zero-order valence-corrected chi connectivity index (χ0v) is 9.95. The summed E-state index contributed by atoms with van der Waals surface area (Å²) in [6.07, 6.45) is 5.22. The summed E-state index contributed by atoms with van der Waals surface area (Å²) in [4.78, 5) is 27.0. The van der Waals surface area contributed by atoms with E-state index in [0.29, 0.717) is 18.6 Å². The molecule has 4 heteroatoms. The second kappa shape index (κ2) is 4.85. The summed E-state index contributed by atoms with van der Waals surface area (Å²) >= 11 is 0. The van der Waals surface area contributed by atoms with Crippen LogP contribution < -0.4 is 0 Å². The van der Waals surface area contributed by atoms with Gasteiger partial charge in [0.2, 0.25) is 0 Å². The SMILES string of the molecule is CN(C(=O)N1CCCC1)C1CCC(=O)CC1. The van der Waals surface area contributed by atoms with Gasteiger partial charge in [-0.05, 0) is 25.7 Å². The van der Waals surface area contributed by atoms with Gasteiger partial charge in [0.05, 0.1) is 0 Å². The number of amides is 2. The van der Waals surface area contributed by atoms with Crippen LogP contribution in [-0.2, 0) is 4.79 Å². The molecule has 2 aliphatic rings. The summed E-state index contributed by atoms with van der Waals surface area (Å²) in [6, 6.07) is 0.419. The molecule has 1 aliphatic carbocycles. The van der Waals surface area contributed by atoms with Gasteiger partial charge in [-0.2, -0.15) is 0 Å². The largest absolute Gasteiger partial charge is 0.325 e.